The Balaban J connectivity index is 3.91. The molecule has 0 saturated carbocycles. The molecule has 4 heteroatoms. The van der Waals surface area contributed by atoms with Crippen LogP contribution in [0.15, 0.2) is 0 Å². The number of hydrogen-bond donors (Lipinski definition) is 2. The second-order valence-electron chi connectivity index (χ2n) is 2.17. The first-order chi connectivity index (χ1) is 3.98. The van der Waals surface area contributed by atoms with E-state index in [4.69, 9.17) is 10.4 Å². The Kier molecular flexibility index (Phi) is 2.03. The maximum atomic E-state index is 9.91. The summed E-state index contributed by atoms with van der Waals surface area (Å²) >= 11 is 0. The van der Waals surface area contributed by atoms with Crippen LogP contribution < -0.4 is 5.32 Å². The first-order valence-corrected chi connectivity index (χ1v) is 2.40. The van der Waals surface area contributed by atoms with E-state index in [2.05, 4.69) is 0 Å². The highest BCUT2D eigenvalue weighted by Gasteiger charge is 2.17. The van der Waals surface area contributed by atoms with Gasteiger partial charge in [0.05, 0.1) is 6.07 Å². The van der Waals surface area contributed by atoms with Gasteiger partial charge in [-0.3, -0.25) is 0 Å². The van der Waals surface area contributed by atoms with Crippen LogP contribution in [0.1, 0.15) is 13.8 Å². The van der Waals surface area contributed by atoms with E-state index in [0.29, 0.717) is 0 Å². The summed E-state index contributed by atoms with van der Waals surface area (Å²) in [7, 11) is 0. The molecule has 0 spiro atoms. The molecule has 0 heterocycles. The molecule has 0 rings (SSSR count). The zero-order valence-corrected chi connectivity index (χ0v) is 5.30. The van der Waals surface area contributed by atoms with Gasteiger partial charge in [0.2, 0.25) is 0 Å². The number of hydrogen-bond acceptors (Lipinski definition) is 2. The molecular weight excluding hydrogens is 120 g/mol. The van der Waals surface area contributed by atoms with Crippen LogP contribution in [0.25, 0.3) is 0 Å². The fourth-order valence-electron chi connectivity index (χ4n) is 0.295. The SMILES string of the molecule is CC(C)(C#N)NC(=O)O. The first-order valence-electron chi connectivity index (χ1n) is 2.40. The Morgan fingerprint density at radius 2 is 2.22 bits per heavy atom. The Labute approximate surface area is 53.1 Å². The summed E-state index contributed by atoms with van der Waals surface area (Å²) in [5, 5.41) is 18.4. The van der Waals surface area contributed by atoms with Gasteiger partial charge in [0, 0.05) is 0 Å². The van der Waals surface area contributed by atoms with Crippen LogP contribution >= 0.6 is 0 Å². The summed E-state index contributed by atoms with van der Waals surface area (Å²) in [6.07, 6.45) is -1.18. The van der Waals surface area contributed by atoms with E-state index < -0.39 is 11.6 Å². The fourth-order valence-corrected chi connectivity index (χ4v) is 0.295. The van der Waals surface area contributed by atoms with Crippen LogP contribution in [-0.4, -0.2) is 16.7 Å². The molecule has 0 saturated heterocycles. The minimum atomic E-state index is -1.18. The molecule has 0 aliphatic heterocycles. The molecule has 0 bridgehead atoms. The summed E-state index contributed by atoms with van der Waals surface area (Å²) in [5.74, 6) is 0. The maximum absolute atomic E-state index is 9.91. The highest BCUT2D eigenvalue weighted by atomic mass is 16.4. The maximum Gasteiger partial charge on any atom is 0.405 e. The number of rotatable bonds is 1. The van der Waals surface area contributed by atoms with Crippen molar-refractivity contribution in [3.63, 3.8) is 0 Å². The molecule has 2 N–H and O–H groups in total. The lowest BCUT2D eigenvalue weighted by Crippen LogP contribution is -2.41. The molecule has 1 amide bonds. The van der Waals surface area contributed by atoms with Crippen molar-refractivity contribution in [1.82, 2.24) is 5.32 Å². The fraction of sp³-hybridized carbons (Fsp3) is 0.600. The normalized spacial score (nSPS) is 9.89. The van der Waals surface area contributed by atoms with Crippen molar-refractivity contribution in [3.05, 3.63) is 0 Å². The Morgan fingerprint density at radius 1 is 1.78 bits per heavy atom. The third kappa shape index (κ3) is 3.35. The Bertz CT molecular complexity index is 157. The molecule has 0 aromatic carbocycles. The lowest BCUT2D eigenvalue weighted by atomic mass is 10.1. The lowest BCUT2D eigenvalue weighted by Gasteiger charge is -2.13. The molecule has 9 heavy (non-hydrogen) atoms. The van der Waals surface area contributed by atoms with Gasteiger partial charge < -0.3 is 10.4 Å². The molecule has 0 aromatic heterocycles. The van der Waals surface area contributed by atoms with Gasteiger partial charge in [-0.15, -0.1) is 0 Å². The van der Waals surface area contributed by atoms with Crippen LogP contribution in [0.2, 0.25) is 0 Å². The molecule has 0 unspecified atom stereocenters. The molecule has 0 atom stereocenters. The van der Waals surface area contributed by atoms with Crippen LogP contribution in [-0.2, 0) is 0 Å². The zero-order chi connectivity index (χ0) is 7.49. The molecule has 0 aromatic rings. The minimum absolute atomic E-state index is 0.980. The van der Waals surface area contributed by atoms with Gasteiger partial charge in [-0.2, -0.15) is 5.26 Å². The lowest BCUT2D eigenvalue weighted by molar-refractivity contribution is 0.187. The standard InChI is InChI=1S/C5H8N2O2/c1-5(2,3-6)7-4(8)9/h7H,1-2H3,(H,8,9). The van der Waals surface area contributed by atoms with Crippen molar-refractivity contribution in [2.45, 2.75) is 19.4 Å². The smallest absolute Gasteiger partial charge is 0.405 e. The van der Waals surface area contributed by atoms with Crippen molar-refractivity contribution >= 4 is 6.09 Å². The van der Waals surface area contributed by atoms with Gasteiger partial charge in [0.15, 0.2) is 0 Å². The number of nitrogens with zero attached hydrogens (tertiary/aromatic N) is 1. The Morgan fingerprint density at radius 3 is 2.33 bits per heavy atom. The Hall–Kier alpha value is -1.24. The van der Waals surface area contributed by atoms with Crippen LogP contribution in [0.4, 0.5) is 4.79 Å². The number of nitrogens with one attached hydrogen (secondary N) is 1. The van der Waals surface area contributed by atoms with Gasteiger partial charge in [-0.05, 0) is 13.8 Å². The average molecular weight is 128 g/mol. The molecule has 50 valence electrons. The van der Waals surface area contributed by atoms with Gasteiger partial charge in [0.1, 0.15) is 5.54 Å². The highest BCUT2D eigenvalue weighted by molar-refractivity contribution is 5.66. The van der Waals surface area contributed by atoms with E-state index in [-0.39, 0.29) is 0 Å². The van der Waals surface area contributed by atoms with E-state index in [9.17, 15) is 4.79 Å². The van der Waals surface area contributed by atoms with Gasteiger partial charge in [-0.1, -0.05) is 0 Å². The summed E-state index contributed by atoms with van der Waals surface area (Å²) in [6.45, 7) is 2.97. The second kappa shape index (κ2) is 2.35. The molecule has 0 aliphatic rings. The molecule has 4 nitrogen and oxygen atoms in total. The van der Waals surface area contributed by atoms with E-state index in [1.54, 1.807) is 6.07 Å². The van der Waals surface area contributed by atoms with Crippen molar-refractivity contribution in [3.8, 4) is 6.07 Å². The van der Waals surface area contributed by atoms with Gasteiger partial charge >= 0.3 is 6.09 Å². The molecule has 0 fully saturated rings. The van der Waals surface area contributed by atoms with Crippen LogP contribution in [0.3, 0.4) is 0 Å². The van der Waals surface area contributed by atoms with E-state index in [1.807, 2.05) is 5.32 Å². The van der Waals surface area contributed by atoms with Crippen molar-refractivity contribution in [2.75, 3.05) is 0 Å². The predicted octanol–water partition coefficient (Wildman–Crippen LogP) is 0.556. The first kappa shape index (κ1) is 7.76. The van der Waals surface area contributed by atoms with Crippen molar-refractivity contribution in [1.29, 1.82) is 5.26 Å². The number of amides is 1. The van der Waals surface area contributed by atoms with Crippen molar-refractivity contribution < 1.29 is 9.90 Å². The third-order valence-corrected chi connectivity index (χ3v) is 0.699. The second-order valence-corrected chi connectivity index (χ2v) is 2.17. The van der Waals surface area contributed by atoms with Crippen LogP contribution in [0.5, 0.6) is 0 Å². The third-order valence-electron chi connectivity index (χ3n) is 0.699. The zero-order valence-electron chi connectivity index (χ0n) is 5.30. The minimum Gasteiger partial charge on any atom is -0.465 e. The largest absolute Gasteiger partial charge is 0.465 e. The summed E-state index contributed by atoms with van der Waals surface area (Å²) in [4.78, 5) is 9.91. The summed E-state index contributed by atoms with van der Waals surface area (Å²) in [5.41, 5.74) is -0.980. The monoisotopic (exact) mass is 128 g/mol. The summed E-state index contributed by atoms with van der Waals surface area (Å²) < 4.78 is 0. The van der Waals surface area contributed by atoms with E-state index in [0.717, 1.165) is 0 Å². The van der Waals surface area contributed by atoms with E-state index in [1.165, 1.54) is 13.8 Å². The summed E-state index contributed by atoms with van der Waals surface area (Å²) in [6, 6.07) is 1.78. The van der Waals surface area contributed by atoms with Gasteiger partial charge in [0.25, 0.3) is 0 Å². The van der Waals surface area contributed by atoms with Gasteiger partial charge in [-0.25, -0.2) is 4.79 Å². The quantitative estimate of drug-likeness (QED) is 0.541. The average Bonchev–Trinajstić information content (AvgIpc) is 1.63. The molecular formula is C5H8N2O2. The number of nitriles is 1. The van der Waals surface area contributed by atoms with Crippen LogP contribution in [0, 0.1) is 11.3 Å². The van der Waals surface area contributed by atoms with Crippen molar-refractivity contribution in [2.24, 2.45) is 0 Å². The number of carbonyl (C=O) groups is 1. The highest BCUT2D eigenvalue weighted by Crippen LogP contribution is 1.96. The number of carboxylic acid groups (broad SMARTS) is 1. The molecule has 0 aliphatic carbocycles. The predicted molar refractivity (Wildman–Crippen MR) is 30.9 cm³/mol. The topological polar surface area (TPSA) is 73.1 Å². The van der Waals surface area contributed by atoms with E-state index >= 15 is 0 Å². The molecule has 0 radical (unpaired) electrons.